The van der Waals surface area contributed by atoms with E-state index in [1.165, 1.54) is 4.88 Å². The molecule has 2 heterocycles. The third-order valence-corrected chi connectivity index (χ3v) is 4.24. The van der Waals surface area contributed by atoms with E-state index in [1.54, 1.807) is 11.3 Å². The third kappa shape index (κ3) is 2.97. The number of aliphatic hydroxyl groups excluding tert-OH is 1. The maximum atomic E-state index is 9.46. The lowest BCUT2D eigenvalue weighted by Crippen LogP contribution is -2.42. The molecule has 3 N–H and O–H groups in total. The molecule has 1 aromatic heterocycles. The highest BCUT2D eigenvalue weighted by Gasteiger charge is 2.21. The van der Waals surface area contributed by atoms with Gasteiger partial charge in [0.15, 0.2) is 0 Å². The quantitative estimate of drug-likeness (QED) is 0.846. The van der Waals surface area contributed by atoms with E-state index in [-0.39, 0.29) is 6.10 Å². The van der Waals surface area contributed by atoms with Crippen molar-refractivity contribution >= 4 is 16.3 Å². The largest absolute Gasteiger partial charge is 0.393 e. The van der Waals surface area contributed by atoms with Gasteiger partial charge in [-0.1, -0.05) is 0 Å². The van der Waals surface area contributed by atoms with Crippen molar-refractivity contribution in [1.29, 1.82) is 0 Å². The van der Waals surface area contributed by atoms with Gasteiger partial charge in [-0.05, 0) is 38.3 Å². The average Bonchev–Trinajstić information content (AvgIpc) is 2.65. The van der Waals surface area contributed by atoms with Crippen molar-refractivity contribution in [3.8, 4) is 0 Å². The molecule has 0 radical (unpaired) electrons. The van der Waals surface area contributed by atoms with Gasteiger partial charge in [0.2, 0.25) is 0 Å². The zero-order valence-electron chi connectivity index (χ0n) is 9.72. The van der Waals surface area contributed by atoms with Crippen LogP contribution in [0.3, 0.4) is 0 Å². The first-order valence-corrected chi connectivity index (χ1v) is 6.73. The van der Waals surface area contributed by atoms with Crippen molar-refractivity contribution in [2.45, 2.75) is 38.3 Å². The molecular weight excluding hydrogens is 220 g/mol. The lowest BCUT2D eigenvalue weighted by Gasteiger charge is -2.34. The van der Waals surface area contributed by atoms with Gasteiger partial charge in [-0.3, -0.25) is 0 Å². The lowest BCUT2D eigenvalue weighted by molar-refractivity contribution is 0.0649. The Morgan fingerprint density at radius 3 is 2.75 bits per heavy atom. The minimum absolute atomic E-state index is 0.0826. The van der Waals surface area contributed by atoms with Crippen LogP contribution >= 0.6 is 11.3 Å². The van der Waals surface area contributed by atoms with Gasteiger partial charge in [0.05, 0.1) is 11.1 Å². The molecular formula is C12H20N2OS. The van der Waals surface area contributed by atoms with Crippen LogP contribution < -0.4 is 5.73 Å². The van der Waals surface area contributed by atoms with Crippen molar-refractivity contribution < 1.29 is 5.11 Å². The van der Waals surface area contributed by atoms with Gasteiger partial charge in [0.1, 0.15) is 0 Å². The molecule has 1 aliphatic rings. The van der Waals surface area contributed by atoms with Gasteiger partial charge < -0.3 is 15.7 Å². The van der Waals surface area contributed by atoms with Gasteiger partial charge in [-0.2, -0.15) is 0 Å². The van der Waals surface area contributed by atoms with Gasteiger partial charge in [0, 0.05) is 24.0 Å². The standard InChI is InChI=1S/C12H20N2OS/c1-9(8-11-2-3-12(13)16-11)14-6-4-10(15)5-7-14/h2-3,9-10,15H,4-8,13H2,1H3. The summed E-state index contributed by atoms with van der Waals surface area (Å²) in [5, 5.41) is 10.4. The summed E-state index contributed by atoms with van der Waals surface area (Å²) in [5.41, 5.74) is 5.72. The molecule has 0 saturated carbocycles. The summed E-state index contributed by atoms with van der Waals surface area (Å²) >= 11 is 1.68. The highest BCUT2D eigenvalue weighted by Crippen LogP contribution is 2.22. The number of likely N-dealkylation sites (tertiary alicyclic amines) is 1. The predicted molar refractivity (Wildman–Crippen MR) is 68.7 cm³/mol. The lowest BCUT2D eigenvalue weighted by atomic mass is 10.0. The molecule has 2 rings (SSSR count). The number of hydrogen-bond donors (Lipinski definition) is 2. The number of anilines is 1. The molecule has 90 valence electrons. The Kier molecular flexibility index (Phi) is 3.84. The Balaban J connectivity index is 1.85. The number of aliphatic hydroxyl groups is 1. The summed E-state index contributed by atoms with van der Waals surface area (Å²) in [6, 6.07) is 4.65. The Morgan fingerprint density at radius 1 is 1.50 bits per heavy atom. The van der Waals surface area contributed by atoms with Gasteiger partial charge in [-0.25, -0.2) is 0 Å². The second kappa shape index (κ2) is 5.17. The Labute approximate surface area is 101 Å². The average molecular weight is 240 g/mol. The first kappa shape index (κ1) is 11.9. The van der Waals surface area contributed by atoms with Crippen molar-refractivity contribution in [1.82, 2.24) is 4.90 Å². The van der Waals surface area contributed by atoms with Crippen LogP contribution in [0.4, 0.5) is 5.00 Å². The van der Waals surface area contributed by atoms with Crippen LogP contribution in [0.5, 0.6) is 0 Å². The van der Waals surface area contributed by atoms with Crippen molar-refractivity contribution in [2.75, 3.05) is 18.8 Å². The zero-order chi connectivity index (χ0) is 11.5. The summed E-state index contributed by atoms with van der Waals surface area (Å²) in [6.07, 6.45) is 2.81. The minimum atomic E-state index is -0.0826. The second-order valence-corrected chi connectivity index (χ2v) is 5.82. The molecule has 1 unspecified atom stereocenters. The maximum absolute atomic E-state index is 9.46. The van der Waals surface area contributed by atoms with Gasteiger partial charge in [0.25, 0.3) is 0 Å². The fraction of sp³-hybridized carbons (Fsp3) is 0.667. The molecule has 1 atom stereocenters. The number of hydrogen-bond acceptors (Lipinski definition) is 4. The molecule has 16 heavy (non-hydrogen) atoms. The number of nitrogens with zero attached hydrogens (tertiary/aromatic N) is 1. The number of piperidine rings is 1. The number of rotatable bonds is 3. The maximum Gasteiger partial charge on any atom is 0.0859 e. The Morgan fingerprint density at radius 2 is 2.19 bits per heavy atom. The SMILES string of the molecule is CC(Cc1ccc(N)s1)N1CCC(O)CC1. The van der Waals surface area contributed by atoms with Gasteiger partial charge in [-0.15, -0.1) is 11.3 Å². The fourth-order valence-corrected chi connectivity index (χ4v) is 3.15. The molecule has 0 bridgehead atoms. The summed E-state index contributed by atoms with van der Waals surface area (Å²) in [6.45, 7) is 4.29. The van der Waals surface area contributed by atoms with Crippen LogP contribution in [-0.2, 0) is 6.42 Å². The number of thiophene rings is 1. The van der Waals surface area contributed by atoms with Crippen LogP contribution in [-0.4, -0.2) is 35.2 Å². The third-order valence-electron chi connectivity index (χ3n) is 3.30. The van der Waals surface area contributed by atoms with E-state index in [4.69, 9.17) is 5.73 Å². The van der Waals surface area contributed by atoms with E-state index in [1.807, 2.05) is 6.07 Å². The highest BCUT2D eigenvalue weighted by molar-refractivity contribution is 7.15. The first-order chi connectivity index (χ1) is 7.65. The first-order valence-electron chi connectivity index (χ1n) is 5.91. The number of nitrogens with two attached hydrogens (primary N) is 1. The fourth-order valence-electron chi connectivity index (χ4n) is 2.25. The summed E-state index contributed by atoms with van der Waals surface area (Å²) in [4.78, 5) is 3.82. The van der Waals surface area contributed by atoms with Crippen LogP contribution in [0.1, 0.15) is 24.6 Å². The van der Waals surface area contributed by atoms with Crippen molar-refractivity contribution in [3.63, 3.8) is 0 Å². The Hall–Kier alpha value is -0.580. The van der Waals surface area contributed by atoms with E-state index in [0.29, 0.717) is 6.04 Å². The molecule has 4 heteroatoms. The number of nitrogen functional groups attached to an aromatic ring is 1. The van der Waals surface area contributed by atoms with E-state index in [9.17, 15) is 5.11 Å². The molecule has 1 saturated heterocycles. The zero-order valence-corrected chi connectivity index (χ0v) is 10.5. The minimum Gasteiger partial charge on any atom is -0.393 e. The summed E-state index contributed by atoms with van der Waals surface area (Å²) in [7, 11) is 0. The molecule has 1 aromatic rings. The normalized spacial score (nSPS) is 21.1. The highest BCUT2D eigenvalue weighted by atomic mass is 32.1. The van der Waals surface area contributed by atoms with Crippen LogP contribution in [0.15, 0.2) is 12.1 Å². The topological polar surface area (TPSA) is 49.5 Å². The monoisotopic (exact) mass is 240 g/mol. The van der Waals surface area contributed by atoms with Crippen molar-refractivity contribution in [3.05, 3.63) is 17.0 Å². The van der Waals surface area contributed by atoms with Crippen LogP contribution in [0.2, 0.25) is 0 Å². The summed E-state index contributed by atoms with van der Waals surface area (Å²) in [5.74, 6) is 0. The molecule has 0 aromatic carbocycles. The summed E-state index contributed by atoms with van der Waals surface area (Å²) < 4.78 is 0. The molecule has 1 fully saturated rings. The van der Waals surface area contributed by atoms with E-state index >= 15 is 0 Å². The van der Waals surface area contributed by atoms with E-state index in [2.05, 4.69) is 17.9 Å². The molecule has 0 aliphatic carbocycles. The second-order valence-electron chi connectivity index (χ2n) is 4.62. The smallest absolute Gasteiger partial charge is 0.0859 e. The molecule has 3 nitrogen and oxygen atoms in total. The van der Waals surface area contributed by atoms with Crippen LogP contribution in [0, 0.1) is 0 Å². The Bertz CT molecular complexity index is 332. The van der Waals surface area contributed by atoms with Crippen LogP contribution in [0.25, 0.3) is 0 Å². The van der Waals surface area contributed by atoms with Crippen molar-refractivity contribution in [2.24, 2.45) is 0 Å². The predicted octanol–water partition coefficient (Wildman–Crippen LogP) is 1.72. The molecule has 0 spiro atoms. The molecule has 1 aliphatic heterocycles. The van der Waals surface area contributed by atoms with Gasteiger partial charge >= 0.3 is 0 Å². The molecule has 0 amide bonds. The van der Waals surface area contributed by atoms with E-state index in [0.717, 1.165) is 37.4 Å². The van der Waals surface area contributed by atoms with E-state index < -0.39 is 0 Å².